The minimum Gasteiger partial charge on any atom is -0.506 e. The van der Waals surface area contributed by atoms with Crippen molar-refractivity contribution >= 4 is 35.3 Å². The largest absolute Gasteiger partial charge is 0.506 e. The molecule has 2 aromatic heterocycles. The van der Waals surface area contributed by atoms with Crippen LogP contribution in [0.5, 0.6) is 11.5 Å². The van der Waals surface area contributed by atoms with Crippen LogP contribution in [0.3, 0.4) is 0 Å². The van der Waals surface area contributed by atoms with Gasteiger partial charge in [-0.3, -0.25) is 4.57 Å². The van der Waals surface area contributed by atoms with Gasteiger partial charge in [0.05, 0.1) is 19.1 Å². The molecule has 1 atom stereocenters. The molecule has 2 N–H and O–H groups in total. The molecule has 4 rings (SSSR count). The van der Waals surface area contributed by atoms with Crippen LogP contribution in [-0.4, -0.2) is 38.3 Å². The number of rotatable bonds is 4. The summed E-state index contributed by atoms with van der Waals surface area (Å²) < 4.78 is 12.8. The van der Waals surface area contributed by atoms with Gasteiger partial charge in [-0.1, -0.05) is 0 Å². The second kappa shape index (κ2) is 6.41. The smallest absolute Gasteiger partial charge is 0.188 e. The Morgan fingerprint density at radius 3 is 3.04 bits per heavy atom. The van der Waals surface area contributed by atoms with E-state index < -0.39 is 0 Å². The van der Waals surface area contributed by atoms with Crippen LogP contribution in [-0.2, 0) is 4.74 Å². The Balaban J connectivity index is 1.77. The zero-order valence-electron chi connectivity index (χ0n) is 13.5. The van der Waals surface area contributed by atoms with Crippen molar-refractivity contribution in [3.8, 4) is 11.5 Å². The fraction of sp³-hybridized carbons (Fsp3) is 0.312. The zero-order chi connectivity index (χ0) is 17.4. The van der Waals surface area contributed by atoms with E-state index in [0.717, 1.165) is 19.4 Å². The maximum Gasteiger partial charge on any atom is 0.188 e. The number of imidazole rings is 1. The third-order valence-electron chi connectivity index (χ3n) is 4.08. The molecule has 0 radical (unpaired) electrons. The minimum absolute atomic E-state index is 0.0758. The molecule has 9 heteroatoms. The van der Waals surface area contributed by atoms with Crippen molar-refractivity contribution in [3.05, 3.63) is 24.5 Å². The van der Waals surface area contributed by atoms with Gasteiger partial charge in [-0.25, -0.2) is 15.0 Å². The number of aromatic hydroxyl groups is 1. The maximum absolute atomic E-state index is 10.1. The summed E-state index contributed by atoms with van der Waals surface area (Å²) >= 11 is 4.29. The molecule has 1 unspecified atom stereocenters. The van der Waals surface area contributed by atoms with Crippen LogP contribution in [0.15, 0.2) is 29.7 Å². The first kappa shape index (κ1) is 16.0. The van der Waals surface area contributed by atoms with Crippen molar-refractivity contribution in [1.82, 2.24) is 19.5 Å². The molecule has 0 amide bonds. The standard InChI is InChI=1S/C16H17N5O3S/c1-23-9-4-5-11(22)10(7-9)18-14-13-15(20-16(25)19-14)21(8-17-13)12-3-2-6-24-12/h4-5,7-8,12,22H,2-3,6H2,1H3,(H2,18,19,20,25). The molecule has 1 fully saturated rings. The first-order chi connectivity index (χ1) is 12.2. The van der Waals surface area contributed by atoms with Crippen LogP contribution in [0.1, 0.15) is 19.1 Å². The van der Waals surface area contributed by atoms with Crippen molar-refractivity contribution < 1.29 is 14.6 Å². The highest BCUT2D eigenvalue weighted by Gasteiger charge is 2.22. The maximum atomic E-state index is 10.1. The first-order valence-electron chi connectivity index (χ1n) is 7.85. The molecular formula is C16H17N5O3S. The van der Waals surface area contributed by atoms with E-state index in [1.165, 1.54) is 0 Å². The highest BCUT2D eigenvalue weighted by Crippen LogP contribution is 2.33. The van der Waals surface area contributed by atoms with Crippen LogP contribution < -0.4 is 10.1 Å². The zero-order valence-corrected chi connectivity index (χ0v) is 14.4. The van der Waals surface area contributed by atoms with Gasteiger partial charge < -0.3 is 19.9 Å². The van der Waals surface area contributed by atoms with E-state index >= 15 is 0 Å². The molecule has 0 aliphatic carbocycles. The highest BCUT2D eigenvalue weighted by molar-refractivity contribution is 7.80. The van der Waals surface area contributed by atoms with Crippen molar-refractivity contribution in [1.29, 1.82) is 0 Å². The number of phenols is 1. The molecule has 1 aliphatic heterocycles. The Kier molecular flexibility index (Phi) is 4.10. The van der Waals surface area contributed by atoms with Crippen LogP contribution in [0.25, 0.3) is 11.2 Å². The van der Waals surface area contributed by atoms with Gasteiger partial charge in [0.25, 0.3) is 0 Å². The lowest BCUT2D eigenvalue weighted by molar-refractivity contribution is 0.0592. The first-order valence-corrected chi connectivity index (χ1v) is 8.29. The molecule has 25 heavy (non-hydrogen) atoms. The Morgan fingerprint density at radius 1 is 1.40 bits per heavy atom. The molecule has 3 heterocycles. The number of nitrogens with one attached hydrogen (secondary N) is 1. The number of hydrogen-bond donors (Lipinski definition) is 3. The van der Waals surface area contributed by atoms with E-state index in [9.17, 15) is 5.11 Å². The van der Waals surface area contributed by atoms with Gasteiger partial charge in [-0.05, 0) is 25.0 Å². The average molecular weight is 359 g/mol. The fourth-order valence-corrected chi connectivity index (χ4v) is 3.05. The Morgan fingerprint density at radius 2 is 2.28 bits per heavy atom. The highest BCUT2D eigenvalue weighted by atomic mass is 32.1. The Bertz CT molecular complexity index is 924. The van der Waals surface area contributed by atoms with Gasteiger partial charge >= 0.3 is 0 Å². The molecule has 0 saturated carbocycles. The number of nitrogens with zero attached hydrogens (tertiary/aromatic N) is 4. The molecule has 0 bridgehead atoms. The van der Waals surface area contributed by atoms with Crippen molar-refractivity contribution in [2.24, 2.45) is 0 Å². The van der Waals surface area contributed by atoms with Crippen molar-refractivity contribution in [2.75, 3.05) is 19.0 Å². The summed E-state index contributed by atoms with van der Waals surface area (Å²) in [6.07, 6.45) is 3.53. The second-order valence-corrected chi connectivity index (χ2v) is 6.07. The molecular weight excluding hydrogens is 342 g/mol. The van der Waals surface area contributed by atoms with Gasteiger partial charge in [0.15, 0.2) is 22.1 Å². The second-order valence-electron chi connectivity index (χ2n) is 5.67. The lowest BCUT2D eigenvalue weighted by atomic mass is 10.2. The molecule has 8 nitrogen and oxygen atoms in total. The van der Waals surface area contributed by atoms with Crippen molar-refractivity contribution in [2.45, 2.75) is 24.2 Å². The van der Waals surface area contributed by atoms with E-state index in [2.05, 4.69) is 32.9 Å². The molecule has 130 valence electrons. The predicted octanol–water partition coefficient (Wildman–Crippen LogP) is 2.88. The van der Waals surface area contributed by atoms with E-state index in [4.69, 9.17) is 9.47 Å². The van der Waals surface area contributed by atoms with E-state index in [-0.39, 0.29) is 12.0 Å². The van der Waals surface area contributed by atoms with Crippen LogP contribution in [0, 0.1) is 0 Å². The molecule has 1 aromatic carbocycles. The minimum atomic E-state index is -0.0781. The van der Waals surface area contributed by atoms with Crippen LogP contribution in [0.2, 0.25) is 0 Å². The van der Waals surface area contributed by atoms with Gasteiger partial charge in [-0.2, -0.15) is 0 Å². The summed E-state index contributed by atoms with van der Waals surface area (Å²) in [5.74, 6) is 1.14. The number of methoxy groups -OCH3 is 1. The summed E-state index contributed by atoms with van der Waals surface area (Å²) in [5.41, 5.74) is 1.67. The van der Waals surface area contributed by atoms with Gasteiger partial charge in [0.1, 0.15) is 17.7 Å². The summed E-state index contributed by atoms with van der Waals surface area (Å²) in [6, 6.07) is 4.90. The van der Waals surface area contributed by atoms with Gasteiger partial charge in [0, 0.05) is 12.7 Å². The summed E-state index contributed by atoms with van der Waals surface area (Å²) in [6.45, 7) is 0.728. The van der Waals surface area contributed by atoms with Crippen LogP contribution >= 0.6 is 12.6 Å². The molecule has 0 spiro atoms. The SMILES string of the molecule is COc1ccc(O)c(Nc2nc(S)nc3c2ncn3C2CCCO2)c1. The summed E-state index contributed by atoms with van der Waals surface area (Å²) in [7, 11) is 1.56. The third kappa shape index (κ3) is 2.96. The Hall–Kier alpha value is -2.52. The molecule has 3 aromatic rings. The number of thiol groups is 1. The number of ether oxygens (including phenoxy) is 2. The van der Waals surface area contributed by atoms with E-state index in [1.807, 2.05) is 4.57 Å². The summed E-state index contributed by atoms with van der Waals surface area (Å²) in [5, 5.41) is 13.5. The lowest BCUT2D eigenvalue weighted by Gasteiger charge is -2.13. The third-order valence-corrected chi connectivity index (χ3v) is 4.28. The Labute approximate surface area is 149 Å². The van der Waals surface area contributed by atoms with Gasteiger partial charge in [-0.15, -0.1) is 12.6 Å². The van der Waals surface area contributed by atoms with Crippen LogP contribution in [0.4, 0.5) is 11.5 Å². The number of hydrogen-bond acceptors (Lipinski definition) is 8. The number of phenolic OH excluding ortho intramolecular Hbond substituents is 1. The normalized spacial score (nSPS) is 17.1. The fourth-order valence-electron chi connectivity index (χ4n) is 2.85. The topological polar surface area (TPSA) is 94.3 Å². The van der Waals surface area contributed by atoms with Gasteiger partial charge in [0.2, 0.25) is 0 Å². The number of fused-ring (bicyclic) bond motifs is 1. The molecule has 1 aliphatic rings. The number of benzene rings is 1. The predicted molar refractivity (Wildman–Crippen MR) is 94.7 cm³/mol. The molecule has 1 saturated heterocycles. The lowest BCUT2D eigenvalue weighted by Crippen LogP contribution is -2.07. The van der Waals surface area contributed by atoms with E-state index in [0.29, 0.717) is 33.6 Å². The average Bonchev–Trinajstić information content (AvgIpc) is 3.25. The number of anilines is 2. The quantitative estimate of drug-likeness (QED) is 0.374. The summed E-state index contributed by atoms with van der Waals surface area (Å²) in [4.78, 5) is 13.1. The van der Waals surface area contributed by atoms with E-state index in [1.54, 1.807) is 31.6 Å². The van der Waals surface area contributed by atoms with Crippen molar-refractivity contribution in [3.63, 3.8) is 0 Å². The number of aromatic nitrogens is 4. The monoisotopic (exact) mass is 359 g/mol.